The monoisotopic (exact) mass is 746 g/mol. The molecule has 2 heterocycles. The minimum absolute atomic E-state index is 0.0738. The van der Waals surface area contributed by atoms with Crippen molar-refractivity contribution >= 4 is 35.7 Å². The maximum atomic E-state index is 13.8. The summed E-state index contributed by atoms with van der Waals surface area (Å²) < 4.78 is 17.9. The lowest BCUT2D eigenvalue weighted by Crippen LogP contribution is -2.52. The van der Waals surface area contributed by atoms with E-state index in [1.165, 1.54) is 13.8 Å². The van der Waals surface area contributed by atoms with Crippen molar-refractivity contribution in [2.45, 2.75) is 123 Å². The summed E-state index contributed by atoms with van der Waals surface area (Å²) in [5.41, 5.74) is 0.697. The number of hydrogen-bond acceptors (Lipinski definition) is 9. The number of nitrogens with one attached hydrogen (secondary N) is 2. The lowest BCUT2D eigenvalue weighted by atomic mass is 10.0. The van der Waals surface area contributed by atoms with Gasteiger partial charge in [0, 0.05) is 49.0 Å². The van der Waals surface area contributed by atoms with Crippen molar-refractivity contribution in [3.05, 3.63) is 59.8 Å². The number of urea groups is 1. The predicted molar refractivity (Wildman–Crippen MR) is 205 cm³/mol. The first-order chi connectivity index (χ1) is 25.2. The number of hydrogen-bond donors (Lipinski definition) is 3. The number of nitrogens with zero attached hydrogens (tertiary/aromatic N) is 4. The largest absolute Gasteiger partial charge is 0.478 e. The number of anilines is 2. The highest BCUT2D eigenvalue weighted by atomic mass is 16.6. The number of aromatic nitrogens is 2. The van der Waals surface area contributed by atoms with Gasteiger partial charge in [-0.15, -0.1) is 5.10 Å². The lowest BCUT2D eigenvalue weighted by molar-refractivity contribution is -0.152. The van der Waals surface area contributed by atoms with Crippen LogP contribution in [-0.2, 0) is 20.8 Å². The molecule has 14 heteroatoms. The number of carbonyl (C=O) groups excluding carboxylic acids is 3. The number of carboxylic acids is 1. The van der Waals surface area contributed by atoms with Crippen molar-refractivity contribution < 1.29 is 38.5 Å². The molecule has 1 aliphatic carbocycles. The molecule has 0 unspecified atom stereocenters. The van der Waals surface area contributed by atoms with Crippen LogP contribution in [0.4, 0.5) is 25.9 Å². The number of piperidine rings is 1. The summed E-state index contributed by atoms with van der Waals surface area (Å²) in [7, 11) is 0. The Morgan fingerprint density at radius 3 is 2.20 bits per heavy atom. The summed E-state index contributed by atoms with van der Waals surface area (Å²) >= 11 is 0. The van der Waals surface area contributed by atoms with Gasteiger partial charge in [-0.2, -0.15) is 4.68 Å². The second-order valence-corrected chi connectivity index (χ2v) is 16.5. The average molecular weight is 747 g/mol. The van der Waals surface area contributed by atoms with Gasteiger partial charge in [0.15, 0.2) is 11.4 Å². The van der Waals surface area contributed by atoms with Crippen LogP contribution in [0.5, 0.6) is 5.75 Å². The van der Waals surface area contributed by atoms with Gasteiger partial charge >= 0.3 is 24.2 Å². The van der Waals surface area contributed by atoms with Crippen molar-refractivity contribution in [2.24, 2.45) is 0 Å². The molecule has 14 nitrogen and oxygen atoms in total. The smallest absolute Gasteiger partial charge is 0.435 e. The molecule has 2 aliphatic rings. The molecule has 0 spiro atoms. The van der Waals surface area contributed by atoms with Crippen LogP contribution >= 0.6 is 0 Å². The summed E-state index contributed by atoms with van der Waals surface area (Å²) in [4.78, 5) is 55.3. The maximum Gasteiger partial charge on any atom is 0.435 e. The van der Waals surface area contributed by atoms with Gasteiger partial charge in [0.25, 0.3) is 0 Å². The molecule has 3 N–H and O–H groups in total. The highest BCUT2D eigenvalue weighted by Gasteiger charge is 2.35. The van der Waals surface area contributed by atoms with Gasteiger partial charge in [0.1, 0.15) is 17.0 Å². The van der Waals surface area contributed by atoms with E-state index in [0.29, 0.717) is 35.7 Å². The first-order valence-corrected chi connectivity index (χ1v) is 18.5. The van der Waals surface area contributed by atoms with Crippen LogP contribution in [-0.4, -0.2) is 86.0 Å². The number of amides is 3. The molecule has 3 amide bonds. The molecule has 2 fully saturated rings. The molecule has 1 aromatic heterocycles. The maximum absolute atomic E-state index is 13.8. The normalized spacial score (nSPS) is 16.3. The average Bonchev–Trinajstić information content (AvgIpc) is 3.85. The summed E-state index contributed by atoms with van der Waals surface area (Å²) in [5, 5.41) is 19.9. The quantitative estimate of drug-likeness (QED) is 0.188. The highest BCUT2D eigenvalue weighted by molar-refractivity contribution is 5.92. The van der Waals surface area contributed by atoms with Crippen molar-refractivity contribution in [3.63, 3.8) is 0 Å². The topological polar surface area (TPSA) is 165 Å². The zero-order valence-corrected chi connectivity index (χ0v) is 32.8. The second kappa shape index (κ2) is 15.6. The Kier molecular flexibility index (Phi) is 11.5. The van der Waals surface area contributed by atoms with Crippen molar-refractivity contribution in [3.8, 4) is 16.9 Å². The van der Waals surface area contributed by atoms with Crippen LogP contribution in [0.3, 0.4) is 0 Å². The number of rotatable bonds is 10. The van der Waals surface area contributed by atoms with Gasteiger partial charge in [0.2, 0.25) is 0 Å². The van der Waals surface area contributed by atoms with E-state index < -0.39 is 35.0 Å². The second-order valence-electron chi connectivity index (χ2n) is 16.5. The first-order valence-electron chi connectivity index (χ1n) is 18.5. The van der Waals surface area contributed by atoms with Gasteiger partial charge in [0.05, 0.1) is 5.69 Å². The highest BCUT2D eigenvalue weighted by Crippen LogP contribution is 2.34. The number of benzene rings is 2. The molecule has 1 atom stereocenters. The van der Waals surface area contributed by atoms with Crippen molar-refractivity contribution in [1.82, 2.24) is 20.0 Å². The summed E-state index contributed by atoms with van der Waals surface area (Å²) in [5.74, 6) is -0.419. The number of carboxylic acid groups (broad SMARTS) is 1. The number of ether oxygens (including phenoxy) is 3. The van der Waals surface area contributed by atoms with Crippen LogP contribution in [0.25, 0.3) is 11.1 Å². The van der Waals surface area contributed by atoms with E-state index >= 15 is 0 Å². The minimum atomic E-state index is -1.37. The molecule has 1 saturated carbocycles. The summed E-state index contributed by atoms with van der Waals surface area (Å²) in [6.45, 7) is 17.2. The fourth-order valence-electron chi connectivity index (χ4n) is 6.21. The van der Waals surface area contributed by atoms with E-state index in [1.807, 2.05) is 47.4 Å². The lowest BCUT2D eigenvalue weighted by Gasteiger charge is -2.36. The summed E-state index contributed by atoms with van der Waals surface area (Å²) in [6, 6.07) is 15.0. The van der Waals surface area contributed by atoms with Crippen LogP contribution in [0.2, 0.25) is 0 Å². The van der Waals surface area contributed by atoms with E-state index in [0.717, 1.165) is 48.2 Å². The molecule has 5 rings (SSSR count). The Labute approximate surface area is 317 Å². The zero-order chi connectivity index (χ0) is 39.6. The van der Waals surface area contributed by atoms with E-state index in [-0.39, 0.29) is 23.9 Å². The van der Waals surface area contributed by atoms with E-state index in [2.05, 4.69) is 20.6 Å². The molecule has 3 aromatic rings. The molecule has 292 valence electrons. The first kappa shape index (κ1) is 39.9. The third-order valence-corrected chi connectivity index (χ3v) is 8.97. The third kappa shape index (κ3) is 10.4. The van der Waals surface area contributed by atoms with E-state index in [1.54, 1.807) is 54.5 Å². The number of carbonyl (C=O) groups is 4. The minimum Gasteiger partial charge on any atom is -0.478 e. The van der Waals surface area contributed by atoms with Crippen LogP contribution < -0.4 is 20.3 Å². The molecular formula is C40H54N6O8. The third-order valence-electron chi connectivity index (χ3n) is 8.97. The Bertz CT molecular complexity index is 1850. The Morgan fingerprint density at radius 1 is 0.926 bits per heavy atom. The van der Waals surface area contributed by atoms with Gasteiger partial charge in [-0.05, 0) is 111 Å². The van der Waals surface area contributed by atoms with Gasteiger partial charge in [-0.3, -0.25) is 5.32 Å². The van der Waals surface area contributed by atoms with Crippen LogP contribution in [0.1, 0.15) is 92.3 Å². The molecule has 2 aromatic carbocycles. The fourth-order valence-corrected chi connectivity index (χ4v) is 6.21. The SMILES string of the molecule is Cc1c(-c2ccc(CN(C(=O)N[C@@H]3CCCN(c4cccc(OC(C)(C)C(=O)O)c4)C3)C3CC3)cc2)c(NC(=O)OC(C)(C)C)nn1C(=O)OC(C)(C)C. The van der Waals surface area contributed by atoms with Crippen molar-refractivity contribution in [2.75, 3.05) is 23.3 Å². The van der Waals surface area contributed by atoms with Gasteiger partial charge in [-0.1, -0.05) is 30.3 Å². The van der Waals surface area contributed by atoms with E-state index in [9.17, 15) is 24.3 Å². The Hall–Kier alpha value is -5.27. The molecule has 0 bridgehead atoms. The van der Waals surface area contributed by atoms with Crippen LogP contribution in [0.15, 0.2) is 48.5 Å². The standard InChI is InChI=1S/C40H54N6O8/c1-25-32(33(42-36(50)53-38(2,3)4)43-46(25)37(51)54-39(5,6)7)27-17-15-26(16-18-27)23-45(29-19-20-29)35(49)41-28-12-11-21-44(24-28)30-13-10-14-31(22-30)52-40(8,9)34(47)48/h10,13-18,22,28-29H,11-12,19-21,23-24H2,1-9H3,(H,41,49)(H,47,48)(H,42,43,50)/t28-/m1/s1. The van der Waals surface area contributed by atoms with Gasteiger partial charge < -0.3 is 34.4 Å². The van der Waals surface area contributed by atoms with E-state index in [4.69, 9.17) is 14.2 Å². The number of aliphatic carboxylic acids is 1. The molecule has 1 aliphatic heterocycles. The Morgan fingerprint density at radius 2 is 1.59 bits per heavy atom. The Balaban J connectivity index is 1.29. The van der Waals surface area contributed by atoms with Gasteiger partial charge in [-0.25, -0.2) is 19.2 Å². The molecule has 54 heavy (non-hydrogen) atoms. The van der Waals surface area contributed by atoms with Crippen LogP contribution in [0, 0.1) is 6.92 Å². The molecule has 0 radical (unpaired) electrons. The predicted octanol–water partition coefficient (Wildman–Crippen LogP) is 7.57. The summed E-state index contributed by atoms with van der Waals surface area (Å²) in [6.07, 6.45) is 2.21. The molecular weight excluding hydrogens is 692 g/mol. The molecule has 1 saturated heterocycles. The van der Waals surface area contributed by atoms with Crippen molar-refractivity contribution in [1.29, 1.82) is 0 Å². The fraction of sp³-hybridized carbons (Fsp3) is 0.525. The zero-order valence-electron chi connectivity index (χ0n) is 32.8.